The number of imidazole rings is 1. The van der Waals surface area contributed by atoms with Gasteiger partial charge in [0.1, 0.15) is 0 Å². The van der Waals surface area contributed by atoms with Crippen molar-refractivity contribution in [2.75, 3.05) is 31.3 Å². The van der Waals surface area contributed by atoms with Gasteiger partial charge in [0.2, 0.25) is 5.95 Å². The van der Waals surface area contributed by atoms with E-state index in [1.165, 1.54) is 0 Å². The highest BCUT2D eigenvalue weighted by Gasteiger charge is 2.24. The number of rotatable bonds is 2. The van der Waals surface area contributed by atoms with Gasteiger partial charge in [-0.3, -0.25) is 0 Å². The molecular formula is C9H15N3O2. The minimum absolute atomic E-state index is 0.0323. The van der Waals surface area contributed by atoms with Gasteiger partial charge >= 0.3 is 0 Å². The lowest BCUT2D eigenvalue weighted by Gasteiger charge is -2.35. The third-order valence-corrected chi connectivity index (χ3v) is 2.49. The van der Waals surface area contributed by atoms with Crippen LogP contribution in [0.4, 0.5) is 5.95 Å². The summed E-state index contributed by atoms with van der Waals surface area (Å²) >= 11 is 0. The van der Waals surface area contributed by atoms with Crippen molar-refractivity contribution < 1.29 is 9.84 Å². The Hall–Kier alpha value is -1.07. The second kappa shape index (κ2) is 3.98. The summed E-state index contributed by atoms with van der Waals surface area (Å²) in [5, 5.41) is 9.19. The van der Waals surface area contributed by atoms with Gasteiger partial charge in [0.15, 0.2) is 0 Å². The molecule has 1 aromatic heterocycles. The Balaban J connectivity index is 2.19. The molecule has 1 N–H and O–H groups in total. The van der Waals surface area contributed by atoms with Crippen LogP contribution in [0.1, 0.15) is 0 Å². The molecule has 0 bridgehead atoms. The molecule has 1 aromatic rings. The van der Waals surface area contributed by atoms with Crippen LogP contribution in [0.3, 0.4) is 0 Å². The summed E-state index contributed by atoms with van der Waals surface area (Å²) in [7, 11) is 1.95. The van der Waals surface area contributed by atoms with Crippen LogP contribution in [-0.4, -0.2) is 47.1 Å². The molecule has 1 fully saturated rings. The third-order valence-electron chi connectivity index (χ3n) is 2.49. The third kappa shape index (κ3) is 1.60. The molecule has 1 aliphatic rings. The van der Waals surface area contributed by atoms with Crippen molar-refractivity contribution >= 4 is 5.95 Å². The minimum Gasteiger partial charge on any atom is -0.394 e. The number of aryl methyl sites for hydroxylation is 1. The van der Waals surface area contributed by atoms with E-state index in [0.29, 0.717) is 13.2 Å². The molecule has 1 atom stereocenters. The Kier molecular flexibility index (Phi) is 2.69. The zero-order valence-electron chi connectivity index (χ0n) is 8.26. The van der Waals surface area contributed by atoms with Gasteiger partial charge in [-0.05, 0) is 0 Å². The molecule has 5 nitrogen and oxygen atoms in total. The van der Waals surface area contributed by atoms with Crippen LogP contribution in [0.25, 0.3) is 0 Å². The highest BCUT2D eigenvalue weighted by Crippen LogP contribution is 2.16. The van der Waals surface area contributed by atoms with Crippen molar-refractivity contribution in [3.05, 3.63) is 12.4 Å². The topological polar surface area (TPSA) is 50.5 Å². The van der Waals surface area contributed by atoms with E-state index in [-0.39, 0.29) is 12.6 Å². The van der Waals surface area contributed by atoms with E-state index in [1.54, 1.807) is 6.20 Å². The highest BCUT2D eigenvalue weighted by molar-refractivity contribution is 5.33. The number of hydrogen-bond donors (Lipinski definition) is 1. The molecule has 0 spiro atoms. The van der Waals surface area contributed by atoms with Crippen LogP contribution in [0.2, 0.25) is 0 Å². The summed E-state index contributed by atoms with van der Waals surface area (Å²) in [5.74, 6) is 0.896. The largest absolute Gasteiger partial charge is 0.394 e. The lowest BCUT2D eigenvalue weighted by atomic mass is 10.2. The van der Waals surface area contributed by atoms with Gasteiger partial charge < -0.3 is 19.3 Å². The first-order chi connectivity index (χ1) is 6.83. The molecule has 0 amide bonds. The average molecular weight is 197 g/mol. The Morgan fingerprint density at radius 2 is 2.57 bits per heavy atom. The summed E-state index contributed by atoms with van der Waals surface area (Å²) in [6.07, 6.45) is 3.67. The van der Waals surface area contributed by atoms with Crippen molar-refractivity contribution in [1.82, 2.24) is 9.55 Å². The lowest BCUT2D eigenvalue weighted by Crippen LogP contribution is -2.48. The standard InChI is InChI=1S/C9H15N3O2/c1-11-3-2-10-9(11)12-4-5-14-7-8(12)6-13/h2-3,8,13H,4-7H2,1H3. The van der Waals surface area contributed by atoms with E-state index in [9.17, 15) is 5.11 Å². The summed E-state index contributed by atoms with van der Waals surface area (Å²) < 4.78 is 7.25. The number of anilines is 1. The van der Waals surface area contributed by atoms with Gasteiger partial charge in [0.05, 0.1) is 25.9 Å². The maximum Gasteiger partial charge on any atom is 0.205 e. The van der Waals surface area contributed by atoms with E-state index in [2.05, 4.69) is 9.88 Å². The number of hydrogen-bond acceptors (Lipinski definition) is 4. The number of aliphatic hydroxyl groups excluding tert-OH is 1. The maximum absolute atomic E-state index is 9.19. The fourth-order valence-electron chi connectivity index (χ4n) is 1.70. The predicted molar refractivity (Wildman–Crippen MR) is 52.2 cm³/mol. The van der Waals surface area contributed by atoms with E-state index >= 15 is 0 Å². The summed E-state index contributed by atoms with van der Waals surface area (Å²) in [6.45, 7) is 2.16. The van der Waals surface area contributed by atoms with E-state index < -0.39 is 0 Å². The van der Waals surface area contributed by atoms with Gasteiger partial charge in [-0.15, -0.1) is 0 Å². The molecule has 2 rings (SSSR count). The fraction of sp³-hybridized carbons (Fsp3) is 0.667. The van der Waals surface area contributed by atoms with Crippen molar-refractivity contribution in [2.24, 2.45) is 7.05 Å². The second-order valence-electron chi connectivity index (χ2n) is 3.44. The van der Waals surface area contributed by atoms with Crippen molar-refractivity contribution in [1.29, 1.82) is 0 Å². The molecule has 0 radical (unpaired) electrons. The Morgan fingerprint density at radius 3 is 3.21 bits per heavy atom. The minimum atomic E-state index is 0.0323. The average Bonchev–Trinajstić information content (AvgIpc) is 2.64. The Morgan fingerprint density at radius 1 is 1.71 bits per heavy atom. The van der Waals surface area contributed by atoms with Gasteiger partial charge in [0, 0.05) is 26.0 Å². The molecule has 1 aliphatic heterocycles. The maximum atomic E-state index is 9.19. The molecule has 1 unspecified atom stereocenters. The van der Waals surface area contributed by atoms with Gasteiger partial charge in [-0.1, -0.05) is 0 Å². The first kappa shape index (κ1) is 9.48. The molecule has 0 aliphatic carbocycles. The van der Waals surface area contributed by atoms with Crippen LogP contribution < -0.4 is 4.90 Å². The number of ether oxygens (including phenoxy) is 1. The SMILES string of the molecule is Cn1ccnc1N1CCOCC1CO. The Bertz CT molecular complexity index is 300. The van der Waals surface area contributed by atoms with Crippen LogP contribution in [0.5, 0.6) is 0 Å². The zero-order chi connectivity index (χ0) is 9.97. The van der Waals surface area contributed by atoms with Crippen molar-refractivity contribution in [3.8, 4) is 0 Å². The van der Waals surface area contributed by atoms with E-state index in [4.69, 9.17) is 4.74 Å². The highest BCUT2D eigenvalue weighted by atomic mass is 16.5. The van der Waals surface area contributed by atoms with Gasteiger partial charge in [0.25, 0.3) is 0 Å². The monoisotopic (exact) mass is 197 g/mol. The normalized spacial score (nSPS) is 22.7. The molecule has 0 saturated carbocycles. The van der Waals surface area contributed by atoms with Crippen LogP contribution >= 0.6 is 0 Å². The predicted octanol–water partition coefficient (Wildman–Crippen LogP) is -0.382. The van der Waals surface area contributed by atoms with E-state index in [0.717, 1.165) is 12.5 Å². The number of aromatic nitrogens is 2. The quantitative estimate of drug-likeness (QED) is 0.702. The number of aliphatic hydroxyl groups is 1. The summed E-state index contributed by atoms with van der Waals surface area (Å²) in [6, 6.07) is 0.0323. The van der Waals surface area contributed by atoms with Gasteiger partial charge in [-0.25, -0.2) is 4.98 Å². The Labute approximate surface area is 82.9 Å². The molecule has 14 heavy (non-hydrogen) atoms. The molecule has 5 heteroatoms. The fourth-order valence-corrected chi connectivity index (χ4v) is 1.70. The van der Waals surface area contributed by atoms with Gasteiger partial charge in [-0.2, -0.15) is 0 Å². The van der Waals surface area contributed by atoms with Crippen LogP contribution in [0, 0.1) is 0 Å². The van der Waals surface area contributed by atoms with Crippen molar-refractivity contribution in [2.45, 2.75) is 6.04 Å². The van der Waals surface area contributed by atoms with Crippen LogP contribution in [-0.2, 0) is 11.8 Å². The first-order valence-electron chi connectivity index (χ1n) is 4.75. The smallest absolute Gasteiger partial charge is 0.205 e. The molecular weight excluding hydrogens is 182 g/mol. The molecule has 1 saturated heterocycles. The second-order valence-corrected chi connectivity index (χ2v) is 3.44. The van der Waals surface area contributed by atoms with E-state index in [1.807, 2.05) is 17.8 Å². The summed E-state index contributed by atoms with van der Waals surface area (Å²) in [4.78, 5) is 6.35. The van der Waals surface area contributed by atoms with Crippen LogP contribution in [0.15, 0.2) is 12.4 Å². The van der Waals surface area contributed by atoms with Crippen molar-refractivity contribution in [3.63, 3.8) is 0 Å². The molecule has 78 valence electrons. The molecule has 0 aromatic carbocycles. The molecule has 2 heterocycles. The lowest BCUT2D eigenvalue weighted by molar-refractivity contribution is 0.0715. The zero-order valence-corrected chi connectivity index (χ0v) is 8.26. The summed E-state index contributed by atoms with van der Waals surface area (Å²) in [5.41, 5.74) is 0. The number of morpholine rings is 1. The first-order valence-corrected chi connectivity index (χ1v) is 4.75. The number of nitrogens with zero attached hydrogens (tertiary/aromatic N) is 3.